The Morgan fingerprint density at radius 3 is 2.86 bits per heavy atom. The molecule has 0 atom stereocenters. The lowest BCUT2D eigenvalue weighted by Gasteiger charge is -2.06. The first-order chi connectivity index (χ1) is 6.69. The Kier molecular flexibility index (Phi) is 3.34. The number of terminal acetylenes is 1. The molecule has 0 saturated carbocycles. The van der Waals surface area contributed by atoms with Gasteiger partial charge in [0, 0.05) is 0 Å². The third-order valence-electron chi connectivity index (χ3n) is 1.43. The average molecular weight is 210 g/mol. The Bertz CT molecular complexity index is 431. The van der Waals surface area contributed by atoms with Crippen molar-refractivity contribution in [1.82, 2.24) is 0 Å². The Hall–Kier alpha value is -1.71. The van der Waals surface area contributed by atoms with Crippen molar-refractivity contribution in [2.24, 2.45) is 0 Å². The molecular weight excluding hydrogens is 205 g/mol. The summed E-state index contributed by atoms with van der Waals surface area (Å²) >= 11 is 5.66. The molecule has 0 spiro atoms. The second kappa shape index (κ2) is 4.50. The van der Waals surface area contributed by atoms with E-state index in [4.69, 9.17) is 28.0 Å². The molecule has 4 heteroatoms. The monoisotopic (exact) mass is 209 g/mol. The van der Waals surface area contributed by atoms with Crippen LogP contribution in [0.4, 0.5) is 4.39 Å². The number of hydrogen-bond acceptors (Lipinski definition) is 2. The summed E-state index contributed by atoms with van der Waals surface area (Å²) in [5.74, 6) is 1.76. The Labute approximate surface area is 85.9 Å². The molecule has 0 aliphatic rings. The zero-order valence-electron chi connectivity index (χ0n) is 7.05. The van der Waals surface area contributed by atoms with Crippen LogP contribution in [0.1, 0.15) is 5.56 Å². The minimum Gasteiger partial charge on any atom is -0.478 e. The molecule has 1 aromatic carbocycles. The van der Waals surface area contributed by atoms with Gasteiger partial charge in [-0.1, -0.05) is 17.5 Å². The number of halogens is 2. The molecule has 0 saturated heterocycles. The van der Waals surface area contributed by atoms with Crippen LogP contribution in [0.5, 0.6) is 5.75 Å². The molecular formula is C10H5ClFNO. The highest BCUT2D eigenvalue weighted by molar-refractivity contribution is 6.32. The molecule has 1 aromatic rings. The van der Waals surface area contributed by atoms with E-state index >= 15 is 0 Å². The van der Waals surface area contributed by atoms with Gasteiger partial charge in [0.05, 0.1) is 10.6 Å². The second-order valence-corrected chi connectivity index (χ2v) is 2.78. The number of hydrogen-bond donors (Lipinski definition) is 0. The lowest BCUT2D eigenvalue weighted by Crippen LogP contribution is -1.97. The van der Waals surface area contributed by atoms with Crippen LogP contribution in [0.3, 0.4) is 0 Å². The summed E-state index contributed by atoms with van der Waals surface area (Å²) < 4.78 is 17.8. The number of rotatable bonds is 2. The zero-order valence-corrected chi connectivity index (χ0v) is 7.81. The second-order valence-electron chi connectivity index (χ2n) is 2.37. The van der Waals surface area contributed by atoms with Crippen LogP contribution in [0, 0.1) is 29.5 Å². The number of ether oxygens (including phenoxy) is 1. The van der Waals surface area contributed by atoms with Crippen molar-refractivity contribution in [2.45, 2.75) is 0 Å². The van der Waals surface area contributed by atoms with E-state index in [2.05, 4.69) is 5.92 Å². The van der Waals surface area contributed by atoms with Crippen molar-refractivity contribution in [3.63, 3.8) is 0 Å². The van der Waals surface area contributed by atoms with Crippen LogP contribution in [0.25, 0.3) is 0 Å². The summed E-state index contributed by atoms with van der Waals surface area (Å²) in [4.78, 5) is 0. The SMILES string of the molecule is C#CCOc1c(Cl)cc(F)cc1C#N. The normalized spacial score (nSPS) is 8.86. The van der Waals surface area contributed by atoms with Crippen molar-refractivity contribution in [3.05, 3.63) is 28.5 Å². The molecule has 1 rings (SSSR count). The first kappa shape index (κ1) is 10.4. The molecule has 0 N–H and O–H groups in total. The fourth-order valence-electron chi connectivity index (χ4n) is 0.904. The summed E-state index contributed by atoms with van der Waals surface area (Å²) in [5, 5.41) is 8.70. The van der Waals surface area contributed by atoms with Crippen molar-refractivity contribution in [2.75, 3.05) is 6.61 Å². The van der Waals surface area contributed by atoms with Gasteiger partial charge in [0.15, 0.2) is 5.75 Å². The first-order valence-electron chi connectivity index (χ1n) is 3.64. The third-order valence-corrected chi connectivity index (χ3v) is 1.71. The Morgan fingerprint density at radius 1 is 1.57 bits per heavy atom. The van der Waals surface area contributed by atoms with E-state index in [-0.39, 0.29) is 22.9 Å². The summed E-state index contributed by atoms with van der Waals surface area (Å²) in [5.41, 5.74) is 0.0326. The first-order valence-corrected chi connectivity index (χ1v) is 4.02. The summed E-state index contributed by atoms with van der Waals surface area (Å²) in [6.07, 6.45) is 4.97. The topological polar surface area (TPSA) is 33.0 Å². The molecule has 0 aromatic heterocycles. The van der Waals surface area contributed by atoms with Gasteiger partial charge < -0.3 is 4.74 Å². The molecule has 0 bridgehead atoms. The van der Waals surface area contributed by atoms with Crippen molar-refractivity contribution < 1.29 is 9.13 Å². The van der Waals surface area contributed by atoms with Gasteiger partial charge in [0.25, 0.3) is 0 Å². The third kappa shape index (κ3) is 2.16. The quantitative estimate of drug-likeness (QED) is 0.701. The summed E-state index contributed by atoms with van der Waals surface area (Å²) in [6.45, 7) is -0.0139. The van der Waals surface area contributed by atoms with Crippen LogP contribution in [0.15, 0.2) is 12.1 Å². The van der Waals surface area contributed by atoms with Crippen LogP contribution in [0.2, 0.25) is 5.02 Å². The highest BCUT2D eigenvalue weighted by Crippen LogP contribution is 2.29. The van der Waals surface area contributed by atoms with Gasteiger partial charge in [-0.3, -0.25) is 0 Å². The molecule has 14 heavy (non-hydrogen) atoms. The van der Waals surface area contributed by atoms with E-state index in [0.717, 1.165) is 12.1 Å². The summed E-state index contributed by atoms with van der Waals surface area (Å²) in [7, 11) is 0. The largest absolute Gasteiger partial charge is 0.478 e. The zero-order chi connectivity index (χ0) is 10.6. The van der Waals surface area contributed by atoms with Crippen molar-refractivity contribution in [3.8, 4) is 24.2 Å². The average Bonchev–Trinajstić information content (AvgIpc) is 2.15. The Balaban J connectivity index is 3.15. The summed E-state index contributed by atoms with van der Waals surface area (Å²) in [6, 6.07) is 3.87. The van der Waals surface area contributed by atoms with Crippen LogP contribution in [-0.2, 0) is 0 Å². The highest BCUT2D eigenvalue weighted by atomic mass is 35.5. The van der Waals surface area contributed by atoms with Gasteiger partial charge in [-0.15, -0.1) is 6.42 Å². The number of nitrogens with zero attached hydrogens (tertiary/aromatic N) is 1. The van der Waals surface area contributed by atoms with Gasteiger partial charge >= 0.3 is 0 Å². The van der Waals surface area contributed by atoms with E-state index < -0.39 is 5.82 Å². The minimum atomic E-state index is -0.584. The maximum absolute atomic E-state index is 12.8. The molecule has 0 aliphatic heterocycles. The highest BCUT2D eigenvalue weighted by Gasteiger charge is 2.10. The van der Waals surface area contributed by atoms with Crippen LogP contribution < -0.4 is 4.74 Å². The lowest BCUT2D eigenvalue weighted by atomic mass is 10.2. The van der Waals surface area contributed by atoms with E-state index in [1.54, 1.807) is 6.07 Å². The molecule has 2 nitrogen and oxygen atoms in total. The lowest BCUT2D eigenvalue weighted by molar-refractivity contribution is 0.368. The molecule has 0 aliphatic carbocycles. The van der Waals surface area contributed by atoms with E-state index in [9.17, 15) is 4.39 Å². The molecule has 0 heterocycles. The number of nitriles is 1. The molecule has 0 unspecified atom stereocenters. The minimum absolute atomic E-state index is 0.0139. The fraction of sp³-hybridized carbons (Fsp3) is 0.100. The van der Waals surface area contributed by atoms with Gasteiger partial charge in [-0.2, -0.15) is 5.26 Å². The van der Waals surface area contributed by atoms with Gasteiger partial charge in [-0.25, -0.2) is 4.39 Å². The predicted molar refractivity (Wildman–Crippen MR) is 50.5 cm³/mol. The molecule has 0 amide bonds. The van der Waals surface area contributed by atoms with Crippen molar-refractivity contribution in [1.29, 1.82) is 5.26 Å². The van der Waals surface area contributed by atoms with Gasteiger partial charge in [0.1, 0.15) is 18.5 Å². The number of benzene rings is 1. The predicted octanol–water partition coefficient (Wildman–Crippen LogP) is 2.36. The van der Waals surface area contributed by atoms with Gasteiger partial charge in [0.2, 0.25) is 0 Å². The maximum atomic E-state index is 12.8. The van der Waals surface area contributed by atoms with E-state index in [0.29, 0.717) is 0 Å². The van der Waals surface area contributed by atoms with E-state index in [1.165, 1.54) is 0 Å². The van der Waals surface area contributed by atoms with Gasteiger partial charge in [-0.05, 0) is 12.1 Å². The standard InChI is InChI=1S/C10H5ClFNO/c1-2-3-14-10-7(6-13)4-8(12)5-9(10)11/h1,4-5H,3H2. The maximum Gasteiger partial charge on any atom is 0.157 e. The van der Waals surface area contributed by atoms with E-state index in [1.807, 2.05) is 0 Å². The molecule has 0 radical (unpaired) electrons. The fourth-order valence-corrected chi connectivity index (χ4v) is 1.16. The van der Waals surface area contributed by atoms with Crippen LogP contribution in [-0.4, -0.2) is 6.61 Å². The smallest absolute Gasteiger partial charge is 0.157 e. The van der Waals surface area contributed by atoms with Crippen molar-refractivity contribution >= 4 is 11.6 Å². The molecule has 70 valence electrons. The molecule has 0 fully saturated rings. The Morgan fingerprint density at radius 2 is 2.29 bits per heavy atom. The van der Waals surface area contributed by atoms with Crippen LogP contribution >= 0.6 is 11.6 Å².